The van der Waals surface area contributed by atoms with E-state index in [1.165, 1.54) is 0 Å². The van der Waals surface area contributed by atoms with Crippen molar-refractivity contribution in [2.24, 2.45) is 4.99 Å². The number of pyridine rings is 1. The molecule has 4 nitrogen and oxygen atoms in total. The molecule has 1 aliphatic rings. The molecule has 0 N–H and O–H groups in total. The third-order valence-electron chi connectivity index (χ3n) is 4.17. The molecule has 26 heavy (non-hydrogen) atoms. The zero-order chi connectivity index (χ0) is 18.1. The number of para-hydroxylation sites is 2. The van der Waals surface area contributed by atoms with Crippen molar-refractivity contribution in [3.63, 3.8) is 0 Å². The molecule has 1 aromatic heterocycles. The van der Waals surface area contributed by atoms with E-state index in [2.05, 4.69) is 11.6 Å². The van der Waals surface area contributed by atoms with Gasteiger partial charge in [-0.2, -0.15) is 0 Å². The molecular weight excluding hydrogens is 324 g/mol. The van der Waals surface area contributed by atoms with E-state index in [4.69, 9.17) is 9.73 Å². The monoisotopic (exact) mass is 340 g/mol. The Morgan fingerprint density at radius 1 is 1.00 bits per heavy atom. The molecule has 126 valence electrons. The molecule has 0 radical (unpaired) electrons. The van der Waals surface area contributed by atoms with Crippen LogP contribution in [0.3, 0.4) is 0 Å². The third-order valence-corrected chi connectivity index (χ3v) is 4.17. The Morgan fingerprint density at radius 3 is 2.54 bits per heavy atom. The average molecular weight is 340 g/mol. The molecule has 0 saturated heterocycles. The maximum atomic E-state index is 12.1. The molecule has 2 heterocycles. The predicted octanol–water partition coefficient (Wildman–Crippen LogP) is 5.12. The number of Topliss-reactive ketones (excluding diaryl/α,β-unsaturated/α-hetero) is 1. The van der Waals surface area contributed by atoms with Crippen LogP contribution < -0.4 is 4.74 Å². The predicted molar refractivity (Wildman–Crippen MR) is 102 cm³/mol. The van der Waals surface area contributed by atoms with Crippen LogP contribution in [0.1, 0.15) is 28.4 Å². The smallest absolute Gasteiger partial charge is 0.188 e. The van der Waals surface area contributed by atoms with Crippen LogP contribution in [0.25, 0.3) is 0 Å². The molecule has 1 aliphatic heterocycles. The Bertz CT molecular complexity index is 1050. The number of allylic oxidation sites excluding steroid dienone is 1. The minimum absolute atomic E-state index is 0.0577. The van der Waals surface area contributed by atoms with Crippen LogP contribution in [-0.2, 0) is 0 Å². The Hall–Kier alpha value is -3.53. The van der Waals surface area contributed by atoms with Gasteiger partial charge in [0.15, 0.2) is 17.3 Å². The molecule has 2 aromatic carbocycles. The van der Waals surface area contributed by atoms with Crippen LogP contribution in [-0.4, -0.2) is 16.5 Å². The van der Waals surface area contributed by atoms with Gasteiger partial charge in [0.25, 0.3) is 0 Å². The first-order chi connectivity index (χ1) is 12.6. The topological polar surface area (TPSA) is 51.5 Å². The fourth-order valence-corrected chi connectivity index (χ4v) is 2.84. The molecule has 0 fully saturated rings. The molecule has 0 unspecified atom stereocenters. The highest BCUT2D eigenvalue weighted by atomic mass is 16.5. The van der Waals surface area contributed by atoms with E-state index in [0.717, 1.165) is 22.5 Å². The third kappa shape index (κ3) is 2.82. The molecule has 0 aliphatic carbocycles. The number of rotatable bonds is 3. The largest absolute Gasteiger partial charge is 0.453 e. The number of fused-ring (bicyclic) bond motifs is 2. The summed E-state index contributed by atoms with van der Waals surface area (Å²) < 4.78 is 6.00. The number of hydrogen-bond acceptors (Lipinski definition) is 4. The molecule has 0 spiro atoms. The molecule has 4 rings (SSSR count). The van der Waals surface area contributed by atoms with E-state index in [1.807, 2.05) is 42.5 Å². The van der Waals surface area contributed by atoms with Crippen molar-refractivity contribution in [1.29, 1.82) is 0 Å². The Balaban J connectivity index is 1.85. The van der Waals surface area contributed by atoms with Gasteiger partial charge in [0.05, 0.1) is 11.9 Å². The van der Waals surface area contributed by atoms with Crippen LogP contribution in [0, 0.1) is 0 Å². The highest BCUT2D eigenvalue weighted by molar-refractivity contribution is 6.16. The van der Waals surface area contributed by atoms with Crippen molar-refractivity contribution in [3.8, 4) is 11.5 Å². The second-order valence-electron chi connectivity index (χ2n) is 6.09. The van der Waals surface area contributed by atoms with E-state index in [0.29, 0.717) is 22.6 Å². The van der Waals surface area contributed by atoms with Crippen molar-refractivity contribution < 1.29 is 9.53 Å². The standard InChI is InChI=1S/C22H16N2O2/c1-14(2)22(25)16-9-7-15(8-10-16)21-17-11-12-23-13-20(17)26-19-6-4-3-5-18(19)24-21/h3-13H,1H2,2H3. The number of nitrogens with zero attached hydrogens (tertiary/aromatic N) is 2. The first-order valence-electron chi connectivity index (χ1n) is 8.24. The van der Waals surface area contributed by atoms with Gasteiger partial charge >= 0.3 is 0 Å². The quantitative estimate of drug-likeness (QED) is 0.384. The summed E-state index contributed by atoms with van der Waals surface area (Å²) >= 11 is 0. The summed E-state index contributed by atoms with van der Waals surface area (Å²) in [6.45, 7) is 5.43. The molecule has 0 atom stereocenters. The van der Waals surface area contributed by atoms with Crippen molar-refractivity contribution in [2.75, 3.05) is 0 Å². The lowest BCUT2D eigenvalue weighted by atomic mass is 9.99. The van der Waals surface area contributed by atoms with Crippen molar-refractivity contribution in [2.45, 2.75) is 6.92 Å². The maximum Gasteiger partial charge on any atom is 0.188 e. The average Bonchev–Trinajstić information content (AvgIpc) is 2.84. The van der Waals surface area contributed by atoms with Gasteiger partial charge in [-0.25, -0.2) is 4.99 Å². The molecule has 0 bridgehead atoms. The number of hydrogen-bond donors (Lipinski definition) is 0. The normalized spacial score (nSPS) is 12.1. The summed E-state index contributed by atoms with van der Waals surface area (Å²) in [6, 6.07) is 16.9. The van der Waals surface area contributed by atoms with Crippen LogP contribution >= 0.6 is 0 Å². The first kappa shape index (κ1) is 16.0. The molecule has 3 aromatic rings. The van der Waals surface area contributed by atoms with Crippen molar-refractivity contribution in [1.82, 2.24) is 4.98 Å². The Labute approximate surface area is 151 Å². The Kier molecular flexibility index (Phi) is 3.93. The first-order valence-corrected chi connectivity index (χ1v) is 8.24. The number of carbonyl (C=O) groups is 1. The summed E-state index contributed by atoms with van der Waals surface area (Å²) in [4.78, 5) is 21.1. The fraction of sp³-hybridized carbons (Fsp3) is 0.0455. The van der Waals surface area contributed by atoms with Gasteiger partial charge in [-0.05, 0) is 30.7 Å². The lowest BCUT2D eigenvalue weighted by molar-refractivity contribution is 0.103. The number of ether oxygens (including phenoxy) is 1. The van der Waals surface area contributed by atoms with Crippen molar-refractivity contribution >= 4 is 17.2 Å². The maximum absolute atomic E-state index is 12.1. The Morgan fingerprint density at radius 2 is 1.77 bits per heavy atom. The second kappa shape index (κ2) is 6.41. The van der Waals surface area contributed by atoms with Gasteiger partial charge < -0.3 is 4.74 Å². The van der Waals surface area contributed by atoms with E-state index in [-0.39, 0.29) is 5.78 Å². The highest BCUT2D eigenvalue weighted by Gasteiger charge is 2.19. The molecule has 0 amide bonds. The summed E-state index contributed by atoms with van der Waals surface area (Å²) in [5.41, 5.74) is 4.42. The van der Waals surface area contributed by atoms with Crippen LogP contribution in [0.2, 0.25) is 0 Å². The summed E-state index contributed by atoms with van der Waals surface area (Å²) in [7, 11) is 0. The van der Waals surface area contributed by atoms with Gasteiger partial charge in [0.1, 0.15) is 5.69 Å². The van der Waals surface area contributed by atoms with Gasteiger partial charge in [0.2, 0.25) is 0 Å². The highest BCUT2D eigenvalue weighted by Crippen LogP contribution is 2.38. The van der Waals surface area contributed by atoms with E-state index in [1.54, 1.807) is 31.5 Å². The lowest BCUT2D eigenvalue weighted by Crippen LogP contribution is -2.05. The number of aliphatic imine (C=N–C) groups is 1. The zero-order valence-corrected chi connectivity index (χ0v) is 14.3. The van der Waals surface area contributed by atoms with E-state index in [9.17, 15) is 4.79 Å². The number of ketones is 1. The summed E-state index contributed by atoms with van der Waals surface area (Å²) in [5.74, 6) is 1.28. The second-order valence-corrected chi connectivity index (χ2v) is 6.09. The van der Waals surface area contributed by atoms with Crippen molar-refractivity contribution in [3.05, 3.63) is 95.8 Å². The SMILES string of the molecule is C=C(C)C(=O)c1ccc(C2=Nc3ccccc3Oc3cnccc32)cc1. The fourth-order valence-electron chi connectivity index (χ4n) is 2.84. The van der Waals surface area contributed by atoms with E-state index < -0.39 is 0 Å². The zero-order valence-electron chi connectivity index (χ0n) is 14.3. The minimum atomic E-state index is -0.0577. The number of benzene rings is 2. The van der Waals surface area contributed by atoms with Crippen LogP contribution in [0.15, 0.2) is 84.1 Å². The molecule has 4 heteroatoms. The minimum Gasteiger partial charge on any atom is -0.453 e. The van der Waals surface area contributed by atoms with Gasteiger partial charge in [0, 0.05) is 22.9 Å². The van der Waals surface area contributed by atoms with Gasteiger partial charge in [-0.15, -0.1) is 0 Å². The van der Waals surface area contributed by atoms with E-state index >= 15 is 0 Å². The van der Waals surface area contributed by atoms with Gasteiger partial charge in [-0.1, -0.05) is 43.0 Å². The molecular formula is C22H16N2O2. The van der Waals surface area contributed by atoms with Gasteiger partial charge in [-0.3, -0.25) is 9.78 Å². The number of aromatic nitrogens is 1. The lowest BCUT2D eigenvalue weighted by Gasteiger charge is -2.09. The summed E-state index contributed by atoms with van der Waals surface area (Å²) in [6.07, 6.45) is 3.40. The summed E-state index contributed by atoms with van der Waals surface area (Å²) in [5, 5.41) is 0. The molecule has 0 saturated carbocycles. The van der Waals surface area contributed by atoms with Crippen LogP contribution in [0.5, 0.6) is 11.5 Å². The van der Waals surface area contributed by atoms with Crippen LogP contribution in [0.4, 0.5) is 5.69 Å². The number of carbonyl (C=O) groups excluding carboxylic acids is 1.